The smallest absolute Gasteiger partial charge is 0.0195 e. The van der Waals surface area contributed by atoms with Crippen molar-refractivity contribution >= 4 is 0 Å². The largest absolute Gasteiger partial charge is 0.313 e. The van der Waals surface area contributed by atoms with E-state index in [1.807, 2.05) is 0 Å². The lowest BCUT2D eigenvalue weighted by molar-refractivity contribution is 0.106. The van der Waals surface area contributed by atoms with Gasteiger partial charge in [0.25, 0.3) is 0 Å². The molecule has 3 unspecified atom stereocenters. The van der Waals surface area contributed by atoms with Crippen LogP contribution in [0.1, 0.15) is 52.9 Å². The van der Waals surface area contributed by atoms with Crippen LogP contribution in [0.15, 0.2) is 0 Å². The van der Waals surface area contributed by atoms with Crippen molar-refractivity contribution < 1.29 is 0 Å². The molecule has 1 aliphatic heterocycles. The Morgan fingerprint density at radius 3 is 2.35 bits per heavy atom. The topological polar surface area (TPSA) is 15.3 Å². The van der Waals surface area contributed by atoms with Gasteiger partial charge in [-0.2, -0.15) is 0 Å². The summed E-state index contributed by atoms with van der Waals surface area (Å²) < 4.78 is 0. The average Bonchev–Trinajstić information content (AvgIpc) is 2.77. The highest BCUT2D eigenvalue weighted by atomic mass is 15.2. The molecule has 1 aliphatic carbocycles. The van der Waals surface area contributed by atoms with E-state index in [0.717, 1.165) is 23.9 Å². The van der Waals surface area contributed by atoms with Gasteiger partial charge in [0.05, 0.1) is 0 Å². The third-order valence-corrected chi connectivity index (χ3v) is 4.69. The molecule has 0 bridgehead atoms. The lowest BCUT2D eigenvalue weighted by Gasteiger charge is -2.39. The molecule has 2 heteroatoms. The van der Waals surface area contributed by atoms with Gasteiger partial charge in [-0.1, -0.05) is 20.8 Å². The van der Waals surface area contributed by atoms with Crippen molar-refractivity contribution in [2.24, 2.45) is 11.8 Å². The first-order valence-electron chi connectivity index (χ1n) is 7.66. The van der Waals surface area contributed by atoms with Crippen molar-refractivity contribution in [1.29, 1.82) is 0 Å². The minimum atomic E-state index is 0.766. The Labute approximate surface area is 107 Å². The Balaban J connectivity index is 1.87. The van der Waals surface area contributed by atoms with E-state index < -0.39 is 0 Å². The third kappa shape index (κ3) is 3.69. The Hall–Kier alpha value is -0.0800. The molecule has 0 spiro atoms. The summed E-state index contributed by atoms with van der Waals surface area (Å²) in [5.41, 5.74) is 0. The number of rotatable bonds is 4. The molecule has 17 heavy (non-hydrogen) atoms. The maximum Gasteiger partial charge on any atom is 0.0195 e. The molecule has 2 fully saturated rings. The fourth-order valence-electron chi connectivity index (χ4n) is 3.93. The van der Waals surface area contributed by atoms with E-state index in [1.165, 1.54) is 51.7 Å². The van der Waals surface area contributed by atoms with Gasteiger partial charge in [0.2, 0.25) is 0 Å². The monoisotopic (exact) mass is 238 g/mol. The molecule has 1 saturated heterocycles. The summed E-state index contributed by atoms with van der Waals surface area (Å²) in [5, 5.41) is 3.64. The van der Waals surface area contributed by atoms with E-state index in [2.05, 4.69) is 31.0 Å². The SMILES string of the molecule is CCN(CC1CCCN1)C1CC(C)CC(C)C1. The van der Waals surface area contributed by atoms with Crippen molar-refractivity contribution in [3.05, 3.63) is 0 Å². The van der Waals surface area contributed by atoms with E-state index in [-0.39, 0.29) is 0 Å². The van der Waals surface area contributed by atoms with Gasteiger partial charge < -0.3 is 5.32 Å². The molecule has 0 radical (unpaired) electrons. The fraction of sp³-hybridized carbons (Fsp3) is 1.00. The summed E-state index contributed by atoms with van der Waals surface area (Å²) in [6.07, 6.45) is 7.04. The molecule has 100 valence electrons. The summed E-state index contributed by atoms with van der Waals surface area (Å²) in [4.78, 5) is 2.75. The molecule has 2 nitrogen and oxygen atoms in total. The maximum absolute atomic E-state index is 3.64. The van der Waals surface area contributed by atoms with Gasteiger partial charge in [0, 0.05) is 18.6 Å². The Morgan fingerprint density at radius 2 is 1.82 bits per heavy atom. The summed E-state index contributed by atoms with van der Waals surface area (Å²) in [5.74, 6) is 1.85. The van der Waals surface area contributed by atoms with Crippen LogP contribution in [0.2, 0.25) is 0 Å². The molecule has 1 heterocycles. The van der Waals surface area contributed by atoms with Crippen LogP contribution in [0.3, 0.4) is 0 Å². The zero-order valence-electron chi connectivity index (χ0n) is 11.9. The summed E-state index contributed by atoms with van der Waals surface area (Å²) in [6.45, 7) is 10.9. The van der Waals surface area contributed by atoms with Crippen molar-refractivity contribution in [2.75, 3.05) is 19.6 Å². The van der Waals surface area contributed by atoms with Crippen LogP contribution in [0.4, 0.5) is 0 Å². The van der Waals surface area contributed by atoms with E-state index in [4.69, 9.17) is 0 Å². The first kappa shape index (κ1) is 13.4. The Morgan fingerprint density at radius 1 is 1.12 bits per heavy atom. The van der Waals surface area contributed by atoms with Crippen LogP contribution in [-0.2, 0) is 0 Å². The minimum Gasteiger partial charge on any atom is -0.313 e. The number of nitrogens with one attached hydrogen (secondary N) is 1. The Bertz CT molecular complexity index is 213. The molecule has 1 N–H and O–H groups in total. The van der Waals surface area contributed by atoms with Crippen LogP contribution in [0.25, 0.3) is 0 Å². The standard InChI is InChI=1S/C15H30N2/c1-4-17(11-14-6-5-7-16-14)15-9-12(2)8-13(3)10-15/h12-16H,4-11H2,1-3H3. The maximum atomic E-state index is 3.64. The number of hydrogen-bond acceptors (Lipinski definition) is 2. The normalized spacial score (nSPS) is 38.8. The van der Waals surface area contributed by atoms with E-state index >= 15 is 0 Å². The predicted octanol–water partition coefficient (Wildman–Crippen LogP) is 2.89. The molecule has 1 saturated carbocycles. The average molecular weight is 238 g/mol. The summed E-state index contributed by atoms with van der Waals surface area (Å²) >= 11 is 0. The molecular weight excluding hydrogens is 208 g/mol. The van der Waals surface area contributed by atoms with Crippen molar-refractivity contribution in [1.82, 2.24) is 10.2 Å². The molecule has 0 aromatic carbocycles. The highest BCUT2D eigenvalue weighted by Crippen LogP contribution is 2.31. The first-order valence-corrected chi connectivity index (χ1v) is 7.66. The highest BCUT2D eigenvalue weighted by Gasteiger charge is 2.29. The fourth-order valence-corrected chi connectivity index (χ4v) is 3.93. The quantitative estimate of drug-likeness (QED) is 0.810. The zero-order valence-corrected chi connectivity index (χ0v) is 11.9. The van der Waals surface area contributed by atoms with Crippen LogP contribution in [0, 0.1) is 11.8 Å². The second kappa shape index (κ2) is 6.19. The summed E-state index contributed by atoms with van der Waals surface area (Å²) in [6, 6.07) is 1.61. The number of hydrogen-bond donors (Lipinski definition) is 1. The molecular formula is C15H30N2. The zero-order chi connectivity index (χ0) is 12.3. The lowest BCUT2D eigenvalue weighted by Crippen LogP contribution is -2.46. The third-order valence-electron chi connectivity index (χ3n) is 4.69. The first-order chi connectivity index (χ1) is 8.19. The minimum absolute atomic E-state index is 0.766. The predicted molar refractivity (Wildman–Crippen MR) is 74.2 cm³/mol. The molecule has 2 rings (SSSR count). The van der Waals surface area contributed by atoms with Gasteiger partial charge in [-0.3, -0.25) is 4.90 Å². The van der Waals surface area contributed by atoms with Crippen molar-refractivity contribution in [3.63, 3.8) is 0 Å². The molecule has 3 atom stereocenters. The molecule has 0 aromatic rings. The molecule has 0 aromatic heterocycles. The van der Waals surface area contributed by atoms with E-state index in [9.17, 15) is 0 Å². The molecule has 0 amide bonds. The highest BCUT2D eigenvalue weighted by molar-refractivity contribution is 4.85. The lowest BCUT2D eigenvalue weighted by atomic mass is 9.79. The van der Waals surface area contributed by atoms with Gasteiger partial charge in [-0.25, -0.2) is 0 Å². The summed E-state index contributed by atoms with van der Waals surface area (Å²) in [7, 11) is 0. The van der Waals surface area contributed by atoms with Gasteiger partial charge in [-0.05, 0) is 57.0 Å². The van der Waals surface area contributed by atoms with Gasteiger partial charge in [-0.15, -0.1) is 0 Å². The van der Waals surface area contributed by atoms with Crippen LogP contribution < -0.4 is 5.32 Å². The Kier molecular flexibility index (Phi) is 4.87. The van der Waals surface area contributed by atoms with Crippen LogP contribution >= 0.6 is 0 Å². The van der Waals surface area contributed by atoms with E-state index in [1.54, 1.807) is 0 Å². The molecule has 2 aliphatic rings. The van der Waals surface area contributed by atoms with Crippen molar-refractivity contribution in [2.45, 2.75) is 65.0 Å². The van der Waals surface area contributed by atoms with Crippen molar-refractivity contribution in [3.8, 4) is 0 Å². The second-order valence-electron chi connectivity index (χ2n) is 6.45. The number of nitrogens with zero attached hydrogens (tertiary/aromatic N) is 1. The van der Waals surface area contributed by atoms with Gasteiger partial charge >= 0.3 is 0 Å². The van der Waals surface area contributed by atoms with E-state index in [0.29, 0.717) is 0 Å². The van der Waals surface area contributed by atoms with Gasteiger partial charge in [0.1, 0.15) is 0 Å². The van der Waals surface area contributed by atoms with Crippen LogP contribution in [-0.4, -0.2) is 36.6 Å². The van der Waals surface area contributed by atoms with Crippen LogP contribution in [0.5, 0.6) is 0 Å². The number of likely N-dealkylation sites (N-methyl/N-ethyl adjacent to an activating group) is 1. The second-order valence-corrected chi connectivity index (χ2v) is 6.45. The van der Waals surface area contributed by atoms with Gasteiger partial charge in [0.15, 0.2) is 0 Å².